The van der Waals surface area contributed by atoms with Crippen molar-refractivity contribution in [3.05, 3.63) is 29.3 Å². The van der Waals surface area contributed by atoms with E-state index in [1.54, 1.807) is 0 Å². The molecule has 1 aromatic carbocycles. The van der Waals surface area contributed by atoms with Crippen molar-refractivity contribution >= 4 is 18.5 Å². The molecule has 0 aliphatic carbocycles. The summed E-state index contributed by atoms with van der Waals surface area (Å²) in [5.74, 6) is 0.392. The van der Waals surface area contributed by atoms with Crippen molar-refractivity contribution in [1.29, 1.82) is 0 Å². The van der Waals surface area contributed by atoms with Gasteiger partial charge in [-0.3, -0.25) is 4.79 Å². The molecule has 26 heavy (non-hydrogen) atoms. The van der Waals surface area contributed by atoms with Crippen LogP contribution in [0.3, 0.4) is 0 Å². The summed E-state index contributed by atoms with van der Waals surface area (Å²) >= 11 is 0. The molecule has 1 atom stereocenters. The summed E-state index contributed by atoms with van der Waals surface area (Å²) in [5.41, 5.74) is 1.88. The van der Waals surface area contributed by atoms with Crippen molar-refractivity contribution in [3.63, 3.8) is 0 Å². The maximum atomic E-state index is 12.8. The van der Waals surface area contributed by atoms with E-state index in [0.717, 1.165) is 16.6 Å². The van der Waals surface area contributed by atoms with E-state index in [0.29, 0.717) is 32.2 Å². The standard InChI is InChI=1S/C20H30BNO4/c1-14(2)20(6)19(4,5)25-21(26-20)16-7-8-17(15(3)13-16)18(23)22-9-11-24-12-10-22/h7-8,13-14H,9-12H2,1-6H3. The van der Waals surface area contributed by atoms with E-state index < -0.39 is 7.12 Å². The average Bonchev–Trinajstić information content (AvgIpc) is 2.86. The van der Waals surface area contributed by atoms with Gasteiger partial charge in [0.05, 0.1) is 24.4 Å². The van der Waals surface area contributed by atoms with E-state index in [-0.39, 0.29) is 17.1 Å². The first-order valence-corrected chi connectivity index (χ1v) is 9.49. The number of carbonyl (C=O) groups is 1. The van der Waals surface area contributed by atoms with Crippen LogP contribution in [0.5, 0.6) is 0 Å². The zero-order valence-electron chi connectivity index (χ0n) is 16.8. The number of benzene rings is 1. The molecule has 2 aliphatic rings. The van der Waals surface area contributed by atoms with E-state index in [2.05, 4.69) is 34.6 Å². The van der Waals surface area contributed by atoms with Crippen LogP contribution >= 0.6 is 0 Å². The lowest BCUT2D eigenvalue weighted by atomic mass is 9.77. The summed E-state index contributed by atoms with van der Waals surface area (Å²) in [6.07, 6.45) is 0. The zero-order chi connectivity index (χ0) is 19.1. The summed E-state index contributed by atoms with van der Waals surface area (Å²) < 4.78 is 17.9. The summed E-state index contributed by atoms with van der Waals surface area (Å²) in [6, 6.07) is 5.86. The van der Waals surface area contributed by atoms with Gasteiger partial charge in [0.2, 0.25) is 0 Å². The van der Waals surface area contributed by atoms with Crippen LogP contribution < -0.4 is 5.46 Å². The molecule has 142 valence electrons. The van der Waals surface area contributed by atoms with Crippen molar-refractivity contribution < 1.29 is 18.8 Å². The molecular weight excluding hydrogens is 329 g/mol. The van der Waals surface area contributed by atoms with Crippen molar-refractivity contribution in [3.8, 4) is 0 Å². The molecule has 1 amide bonds. The highest BCUT2D eigenvalue weighted by molar-refractivity contribution is 6.62. The molecule has 3 rings (SSSR count). The highest BCUT2D eigenvalue weighted by atomic mass is 16.7. The second kappa shape index (κ2) is 6.99. The van der Waals surface area contributed by atoms with E-state index in [9.17, 15) is 4.79 Å². The molecule has 5 nitrogen and oxygen atoms in total. The van der Waals surface area contributed by atoms with Gasteiger partial charge in [0.25, 0.3) is 5.91 Å². The first-order valence-electron chi connectivity index (χ1n) is 9.49. The fourth-order valence-electron chi connectivity index (χ4n) is 3.75. The number of ether oxygens (including phenoxy) is 1. The third-order valence-electron chi connectivity index (χ3n) is 6.10. The van der Waals surface area contributed by atoms with Crippen LogP contribution in [0.1, 0.15) is 50.5 Å². The molecule has 2 saturated heterocycles. The van der Waals surface area contributed by atoms with Gasteiger partial charge < -0.3 is 18.9 Å². The number of hydrogen-bond donors (Lipinski definition) is 0. The number of rotatable bonds is 3. The minimum Gasteiger partial charge on any atom is -0.399 e. The maximum absolute atomic E-state index is 12.8. The number of amides is 1. The fraction of sp³-hybridized carbons (Fsp3) is 0.650. The zero-order valence-corrected chi connectivity index (χ0v) is 16.8. The summed E-state index contributed by atoms with van der Waals surface area (Å²) in [7, 11) is -0.413. The third kappa shape index (κ3) is 3.30. The Hall–Kier alpha value is -1.37. The molecule has 0 N–H and O–H groups in total. The Labute approximate surface area is 157 Å². The first kappa shape index (κ1) is 19.4. The number of carbonyl (C=O) groups excluding carboxylic acids is 1. The minimum absolute atomic E-state index is 0.0676. The van der Waals surface area contributed by atoms with Gasteiger partial charge in [0, 0.05) is 18.7 Å². The van der Waals surface area contributed by atoms with Crippen LogP contribution in [0.25, 0.3) is 0 Å². The van der Waals surface area contributed by atoms with Gasteiger partial charge in [-0.25, -0.2) is 0 Å². The molecular formula is C20H30BNO4. The molecule has 2 heterocycles. The van der Waals surface area contributed by atoms with Crippen molar-refractivity contribution in [1.82, 2.24) is 4.90 Å². The lowest BCUT2D eigenvalue weighted by molar-refractivity contribution is -0.0435. The molecule has 0 spiro atoms. The topological polar surface area (TPSA) is 48.0 Å². The molecule has 2 aliphatic heterocycles. The van der Waals surface area contributed by atoms with Crippen molar-refractivity contribution in [2.45, 2.75) is 52.7 Å². The Morgan fingerprint density at radius 3 is 2.35 bits per heavy atom. The van der Waals surface area contributed by atoms with Crippen molar-refractivity contribution in [2.24, 2.45) is 5.92 Å². The molecule has 1 aromatic rings. The predicted octanol–water partition coefficient (Wildman–Crippen LogP) is 2.40. The molecule has 0 aromatic heterocycles. The second-order valence-electron chi connectivity index (χ2n) is 8.32. The van der Waals surface area contributed by atoms with Gasteiger partial charge in [-0.15, -0.1) is 0 Å². The average molecular weight is 359 g/mol. The monoisotopic (exact) mass is 359 g/mol. The molecule has 1 unspecified atom stereocenters. The van der Waals surface area contributed by atoms with Gasteiger partial charge in [0.1, 0.15) is 0 Å². The smallest absolute Gasteiger partial charge is 0.399 e. The maximum Gasteiger partial charge on any atom is 0.494 e. The molecule has 2 fully saturated rings. The summed E-state index contributed by atoms with van der Waals surface area (Å²) in [4.78, 5) is 14.6. The molecule has 0 saturated carbocycles. The van der Waals surface area contributed by atoms with Gasteiger partial charge in [-0.1, -0.05) is 26.0 Å². The van der Waals surface area contributed by atoms with Crippen LogP contribution in [0, 0.1) is 12.8 Å². The summed E-state index contributed by atoms with van der Waals surface area (Å²) in [5, 5.41) is 0. The van der Waals surface area contributed by atoms with E-state index in [4.69, 9.17) is 14.0 Å². The van der Waals surface area contributed by atoms with Gasteiger partial charge in [0.15, 0.2) is 0 Å². The Morgan fingerprint density at radius 1 is 1.15 bits per heavy atom. The Kier molecular flexibility index (Phi) is 5.21. The fourth-order valence-corrected chi connectivity index (χ4v) is 3.75. The van der Waals surface area contributed by atoms with E-state index in [1.807, 2.05) is 30.0 Å². The first-order chi connectivity index (χ1) is 12.2. The van der Waals surface area contributed by atoms with Crippen LogP contribution in [-0.4, -0.2) is 55.4 Å². The largest absolute Gasteiger partial charge is 0.494 e. The highest BCUT2D eigenvalue weighted by Gasteiger charge is 2.56. The minimum atomic E-state index is -0.413. The lowest BCUT2D eigenvalue weighted by Crippen LogP contribution is -2.48. The molecule has 0 radical (unpaired) electrons. The van der Waals surface area contributed by atoms with Gasteiger partial charge in [-0.2, -0.15) is 0 Å². The van der Waals surface area contributed by atoms with Crippen LogP contribution in [0.4, 0.5) is 0 Å². The number of nitrogens with zero attached hydrogens (tertiary/aromatic N) is 1. The van der Waals surface area contributed by atoms with Crippen LogP contribution in [0.2, 0.25) is 0 Å². The second-order valence-corrected chi connectivity index (χ2v) is 8.32. The Morgan fingerprint density at radius 2 is 1.81 bits per heavy atom. The summed E-state index contributed by atoms with van der Waals surface area (Å²) in [6.45, 7) is 15.1. The predicted molar refractivity (Wildman–Crippen MR) is 103 cm³/mol. The quantitative estimate of drug-likeness (QED) is 0.778. The molecule has 6 heteroatoms. The SMILES string of the molecule is Cc1cc(B2OC(C)(C)C(C)(C(C)C)O2)ccc1C(=O)N1CCOCC1. The van der Waals surface area contributed by atoms with E-state index in [1.165, 1.54) is 0 Å². The normalized spacial score (nSPS) is 25.8. The number of morpholine rings is 1. The van der Waals surface area contributed by atoms with Crippen LogP contribution in [-0.2, 0) is 14.0 Å². The number of hydrogen-bond acceptors (Lipinski definition) is 4. The highest BCUT2D eigenvalue weighted by Crippen LogP contribution is 2.42. The van der Waals surface area contributed by atoms with Crippen LogP contribution in [0.15, 0.2) is 18.2 Å². The third-order valence-corrected chi connectivity index (χ3v) is 6.10. The van der Waals surface area contributed by atoms with Crippen molar-refractivity contribution in [2.75, 3.05) is 26.3 Å². The lowest BCUT2D eigenvalue weighted by Gasteiger charge is -2.39. The Bertz CT molecular complexity index is 684. The number of aryl methyl sites for hydroxylation is 1. The van der Waals surface area contributed by atoms with E-state index >= 15 is 0 Å². The van der Waals surface area contributed by atoms with Gasteiger partial charge >= 0.3 is 7.12 Å². The molecule has 0 bridgehead atoms. The Balaban J connectivity index is 1.81. The van der Waals surface area contributed by atoms with Gasteiger partial charge in [-0.05, 0) is 50.7 Å².